The van der Waals surface area contributed by atoms with Gasteiger partial charge in [-0.25, -0.2) is 10.0 Å². The molecule has 2 saturated heterocycles. The Kier molecular flexibility index (Phi) is 3.82. The molecule has 0 atom stereocenters. The molecule has 0 bridgehead atoms. The average molecular weight is 351 g/mol. The molecule has 0 saturated carbocycles. The van der Waals surface area contributed by atoms with Gasteiger partial charge in [-0.05, 0) is 19.1 Å². The maximum absolute atomic E-state index is 12.7. The Morgan fingerprint density at radius 2 is 1.57 bits per heavy atom. The molecule has 0 aliphatic carbocycles. The number of amides is 2. The van der Waals surface area contributed by atoms with Gasteiger partial charge < -0.3 is 0 Å². The number of halogens is 2. The average Bonchev–Trinajstić information content (AvgIpc) is 2.86. The first-order valence-electron chi connectivity index (χ1n) is 7.29. The van der Waals surface area contributed by atoms with Gasteiger partial charge in [-0.15, -0.1) is 5.92 Å². The van der Waals surface area contributed by atoms with Crippen LogP contribution >= 0.6 is 23.2 Å². The summed E-state index contributed by atoms with van der Waals surface area (Å²) in [7, 11) is 0. The van der Waals surface area contributed by atoms with Crippen LogP contribution in [0, 0.1) is 17.3 Å². The summed E-state index contributed by atoms with van der Waals surface area (Å²) in [4.78, 5) is 25.4. The van der Waals surface area contributed by atoms with Gasteiger partial charge >= 0.3 is 0 Å². The number of hydrogen-bond acceptors (Lipinski definition) is 2. The minimum Gasteiger partial charge on any atom is -0.272 e. The SMILES string of the molecule is CC#Cc1cc(Cl)c(C2C(=O)N3CC(C)(C)CN3C2=O)c(Cl)c1. The third-order valence-corrected chi connectivity index (χ3v) is 4.71. The summed E-state index contributed by atoms with van der Waals surface area (Å²) < 4.78 is 0. The largest absolute Gasteiger partial charge is 0.272 e. The Bertz CT molecular complexity index is 728. The number of nitrogens with zero attached hydrogens (tertiary/aromatic N) is 2. The molecular weight excluding hydrogens is 335 g/mol. The van der Waals surface area contributed by atoms with Crippen molar-refractivity contribution in [1.29, 1.82) is 0 Å². The van der Waals surface area contributed by atoms with Crippen molar-refractivity contribution in [3.05, 3.63) is 33.3 Å². The summed E-state index contributed by atoms with van der Waals surface area (Å²) in [5, 5.41) is 3.62. The molecule has 23 heavy (non-hydrogen) atoms. The molecule has 6 heteroatoms. The maximum atomic E-state index is 12.7. The van der Waals surface area contributed by atoms with Gasteiger partial charge in [0.15, 0.2) is 0 Å². The van der Waals surface area contributed by atoms with Crippen LogP contribution in [0.25, 0.3) is 0 Å². The molecular formula is C17H16Cl2N2O2. The van der Waals surface area contributed by atoms with Crippen molar-refractivity contribution >= 4 is 35.0 Å². The predicted molar refractivity (Wildman–Crippen MR) is 89.0 cm³/mol. The second-order valence-electron chi connectivity index (χ2n) is 6.62. The van der Waals surface area contributed by atoms with Crippen LogP contribution in [0.3, 0.4) is 0 Å². The second kappa shape index (κ2) is 5.43. The van der Waals surface area contributed by atoms with Crippen LogP contribution in [0.5, 0.6) is 0 Å². The van der Waals surface area contributed by atoms with Gasteiger partial charge in [-0.1, -0.05) is 43.0 Å². The minimum atomic E-state index is -0.963. The summed E-state index contributed by atoms with van der Waals surface area (Å²) in [6.07, 6.45) is 0. The standard InChI is InChI=1S/C17H16Cl2N2O2/c1-4-5-10-6-11(18)13(12(19)7-10)14-15(22)20-8-17(2,3)9-21(20)16(14)23/h6-7,14H,8-9H2,1-3H3. The van der Waals surface area contributed by atoms with Gasteiger partial charge in [0.05, 0.1) is 0 Å². The molecule has 1 aromatic rings. The van der Waals surface area contributed by atoms with E-state index in [1.807, 2.05) is 13.8 Å². The van der Waals surface area contributed by atoms with Crippen LogP contribution in [0.4, 0.5) is 0 Å². The van der Waals surface area contributed by atoms with E-state index < -0.39 is 5.92 Å². The van der Waals surface area contributed by atoms with E-state index in [0.717, 1.165) is 0 Å². The lowest BCUT2D eigenvalue weighted by molar-refractivity contribution is -0.141. The van der Waals surface area contributed by atoms with E-state index in [4.69, 9.17) is 23.2 Å². The number of hydrogen-bond donors (Lipinski definition) is 0. The Hall–Kier alpha value is -1.70. The lowest BCUT2D eigenvalue weighted by atomic mass is 9.92. The molecule has 0 spiro atoms. The summed E-state index contributed by atoms with van der Waals surface area (Å²) in [5.74, 6) is 4.15. The third-order valence-electron chi connectivity index (χ3n) is 4.09. The van der Waals surface area contributed by atoms with Gasteiger partial charge in [0.25, 0.3) is 11.8 Å². The molecule has 2 amide bonds. The number of rotatable bonds is 1. The smallest absolute Gasteiger partial charge is 0.258 e. The Labute approximate surface area is 145 Å². The van der Waals surface area contributed by atoms with E-state index >= 15 is 0 Å². The van der Waals surface area contributed by atoms with Crippen molar-refractivity contribution in [2.75, 3.05) is 13.1 Å². The number of benzene rings is 1. The van der Waals surface area contributed by atoms with Crippen molar-refractivity contribution in [3.8, 4) is 11.8 Å². The van der Waals surface area contributed by atoms with Crippen LogP contribution in [0.2, 0.25) is 10.0 Å². The van der Waals surface area contributed by atoms with Gasteiger partial charge in [-0.2, -0.15) is 0 Å². The lowest BCUT2D eigenvalue weighted by Gasteiger charge is -2.17. The van der Waals surface area contributed by atoms with Crippen LogP contribution in [-0.4, -0.2) is 34.9 Å². The number of carbonyl (C=O) groups is 2. The Morgan fingerprint density at radius 1 is 1.09 bits per heavy atom. The summed E-state index contributed by atoms with van der Waals surface area (Å²) in [6, 6.07) is 3.28. The molecule has 2 heterocycles. The van der Waals surface area contributed by atoms with E-state index in [2.05, 4.69) is 11.8 Å². The minimum absolute atomic E-state index is 0.107. The maximum Gasteiger partial charge on any atom is 0.258 e. The van der Waals surface area contributed by atoms with E-state index in [-0.39, 0.29) is 17.2 Å². The zero-order valence-electron chi connectivity index (χ0n) is 13.1. The molecule has 0 unspecified atom stereocenters. The van der Waals surface area contributed by atoms with E-state index in [9.17, 15) is 9.59 Å². The summed E-state index contributed by atoms with van der Waals surface area (Å²) in [6.45, 7) is 6.80. The molecule has 2 fully saturated rings. The highest BCUT2D eigenvalue weighted by molar-refractivity contribution is 6.37. The molecule has 120 valence electrons. The number of carbonyl (C=O) groups excluding carboxylic acids is 2. The first-order valence-corrected chi connectivity index (χ1v) is 8.05. The predicted octanol–water partition coefficient (Wildman–Crippen LogP) is 3.07. The Balaban J connectivity index is 2.02. The van der Waals surface area contributed by atoms with Crippen molar-refractivity contribution in [2.24, 2.45) is 5.41 Å². The monoisotopic (exact) mass is 350 g/mol. The fourth-order valence-corrected chi connectivity index (χ4v) is 3.86. The van der Waals surface area contributed by atoms with E-state index in [1.165, 1.54) is 10.0 Å². The first-order chi connectivity index (χ1) is 10.7. The van der Waals surface area contributed by atoms with Crippen LogP contribution in [0.15, 0.2) is 12.1 Å². The number of fused-ring (bicyclic) bond motifs is 1. The molecule has 0 aromatic heterocycles. The quantitative estimate of drug-likeness (QED) is 0.576. The fraction of sp³-hybridized carbons (Fsp3) is 0.412. The van der Waals surface area contributed by atoms with Crippen molar-refractivity contribution in [3.63, 3.8) is 0 Å². The lowest BCUT2D eigenvalue weighted by Crippen LogP contribution is -2.33. The molecule has 3 rings (SSSR count). The molecule has 2 aliphatic rings. The van der Waals surface area contributed by atoms with Gasteiger partial charge in [0.2, 0.25) is 0 Å². The summed E-state index contributed by atoms with van der Waals surface area (Å²) in [5.41, 5.74) is 0.924. The number of hydrazine groups is 1. The van der Waals surface area contributed by atoms with E-state index in [1.54, 1.807) is 19.1 Å². The fourth-order valence-electron chi connectivity index (χ4n) is 3.15. The first kappa shape index (κ1) is 16.2. The highest BCUT2D eigenvalue weighted by Crippen LogP contribution is 2.42. The van der Waals surface area contributed by atoms with Crippen molar-refractivity contribution < 1.29 is 9.59 Å². The second-order valence-corrected chi connectivity index (χ2v) is 7.43. The van der Waals surface area contributed by atoms with Gasteiger partial charge in [0.1, 0.15) is 5.92 Å². The van der Waals surface area contributed by atoms with Crippen LogP contribution in [0.1, 0.15) is 37.8 Å². The third kappa shape index (κ3) is 2.58. The van der Waals surface area contributed by atoms with Gasteiger partial charge in [-0.3, -0.25) is 9.59 Å². The Morgan fingerprint density at radius 3 is 2.00 bits per heavy atom. The molecule has 0 N–H and O–H groups in total. The molecule has 1 aromatic carbocycles. The normalized spacial score (nSPS) is 19.9. The van der Waals surface area contributed by atoms with Gasteiger partial charge in [0, 0.05) is 39.7 Å². The summed E-state index contributed by atoms with van der Waals surface area (Å²) >= 11 is 12.6. The van der Waals surface area contributed by atoms with Crippen molar-refractivity contribution in [2.45, 2.75) is 26.7 Å². The molecule has 4 nitrogen and oxygen atoms in total. The molecule has 0 radical (unpaired) electrons. The highest BCUT2D eigenvalue weighted by Gasteiger charge is 2.53. The topological polar surface area (TPSA) is 40.6 Å². The zero-order chi connectivity index (χ0) is 16.9. The van der Waals surface area contributed by atoms with Crippen LogP contribution < -0.4 is 0 Å². The van der Waals surface area contributed by atoms with E-state index in [0.29, 0.717) is 34.3 Å². The molecule has 2 aliphatic heterocycles. The highest BCUT2D eigenvalue weighted by atomic mass is 35.5. The zero-order valence-corrected chi connectivity index (χ0v) is 14.6. The van der Waals surface area contributed by atoms with Crippen LogP contribution in [-0.2, 0) is 9.59 Å². The van der Waals surface area contributed by atoms with Crippen molar-refractivity contribution in [1.82, 2.24) is 10.0 Å².